The Hall–Kier alpha value is -2.09. The van der Waals surface area contributed by atoms with Gasteiger partial charge in [-0.2, -0.15) is 0 Å². The number of sulfonamides is 1. The fourth-order valence-electron chi connectivity index (χ4n) is 2.33. The van der Waals surface area contributed by atoms with Crippen molar-refractivity contribution in [3.63, 3.8) is 0 Å². The van der Waals surface area contributed by atoms with Gasteiger partial charge >= 0.3 is 6.09 Å². The molecule has 1 aromatic carbocycles. The van der Waals surface area contributed by atoms with Crippen molar-refractivity contribution < 1.29 is 23.1 Å². The highest BCUT2D eigenvalue weighted by Crippen LogP contribution is 2.22. The van der Waals surface area contributed by atoms with Crippen molar-refractivity contribution in [2.75, 3.05) is 23.1 Å². The molecule has 7 nitrogen and oxygen atoms in total. The van der Waals surface area contributed by atoms with E-state index in [0.717, 1.165) is 6.42 Å². The molecule has 0 bridgehead atoms. The SMILES string of the molecule is CCCCS(=O)(=O)N(CCC)c1cccc(C(=O)CCNC(=O)O)c1. The van der Waals surface area contributed by atoms with E-state index in [1.54, 1.807) is 24.3 Å². The van der Waals surface area contributed by atoms with Gasteiger partial charge in [0.1, 0.15) is 0 Å². The molecule has 2 N–H and O–H groups in total. The second-order valence-electron chi connectivity index (χ2n) is 5.70. The Kier molecular flexibility index (Phi) is 8.40. The van der Waals surface area contributed by atoms with Gasteiger partial charge in [-0.3, -0.25) is 9.10 Å². The number of unbranched alkanes of at least 4 members (excludes halogenated alkanes) is 1. The highest BCUT2D eigenvalue weighted by Gasteiger charge is 2.22. The van der Waals surface area contributed by atoms with Crippen LogP contribution >= 0.6 is 0 Å². The summed E-state index contributed by atoms with van der Waals surface area (Å²) in [6, 6.07) is 6.48. The predicted octanol–water partition coefficient (Wildman–Crippen LogP) is 2.87. The average molecular weight is 370 g/mol. The van der Waals surface area contributed by atoms with Crippen LogP contribution in [0.4, 0.5) is 10.5 Å². The maximum Gasteiger partial charge on any atom is 0.404 e. The number of nitrogens with zero attached hydrogens (tertiary/aromatic N) is 1. The van der Waals surface area contributed by atoms with Gasteiger partial charge in [0.15, 0.2) is 5.78 Å². The maximum absolute atomic E-state index is 12.6. The number of carbonyl (C=O) groups is 2. The molecule has 0 aliphatic heterocycles. The Morgan fingerprint density at radius 2 is 1.92 bits per heavy atom. The van der Waals surface area contributed by atoms with Crippen LogP contribution in [0.3, 0.4) is 0 Å². The van der Waals surface area contributed by atoms with Gasteiger partial charge in [0.05, 0.1) is 11.4 Å². The minimum atomic E-state index is -3.44. The summed E-state index contributed by atoms with van der Waals surface area (Å²) in [7, 11) is -3.44. The summed E-state index contributed by atoms with van der Waals surface area (Å²) in [4.78, 5) is 22.6. The summed E-state index contributed by atoms with van der Waals surface area (Å²) < 4.78 is 26.5. The fourth-order valence-corrected chi connectivity index (χ4v) is 4.10. The summed E-state index contributed by atoms with van der Waals surface area (Å²) >= 11 is 0. The molecule has 0 radical (unpaired) electrons. The second kappa shape index (κ2) is 10.0. The van der Waals surface area contributed by atoms with Crippen molar-refractivity contribution in [2.24, 2.45) is 0 Å². The number of ketones is 1. The lowest BCUT2D eigenvalue weighted by Crippen LogP contribution is -2.34. The maximum atomic E-state index is 12.6. The third kappa shape index (κ3) is 6.74. The molecule has 0 saturated heterocycles. The number of hydrogen-bond acceptors (Lipinski definition) is 4. The van der Waals surface area contributed by atoms with Gasteiger partial charge in [-0.05, 0) is 25.0 Å². The number of carboxylic acid groups (broad SMARTS) is 1. The molecule has 0 aliphatic rings. The number of benzene rings is 1. The van der Waals surface area contributed by atoms with Gasteiger partial charge in [-0.15, -0.1) is 0 Å². The quantitative estimate of drug-likeness (QED) is 0.583. The van der Waals surface area contributed by atoms with E-state index < -0.39 is 16.1 Å². The largest absolute Gasteiger partial charge is 0.465 e. The van der Waals surface area contributed by atoms with E-state index >= 15 is 0 Å². The zero-order valence-corrected chi connectivity index (χ0v) is 15.5. The molecular formula is C17H26N2O5S. The lowest BCUT2D eigenvalue weighted by Gasteiger charge is -2.24. The van der Waals surface area contributed by atoms with Gasteiger partial charge < -0.3 is 10.4 Å². The van der Waals surface area contributed by atoms with Crippen LogP contribution in [0.2, 0.25) is 0 Å². The molecule has 1 amide bonds. The van der Waals surface area contributed by atoms with E-state index in [1.165, 1.54) is 4.31 Å². The number of anilines is 1. The zero-order chi connectivity index (χ0) is 18.9. The number of nitrogens with one attached hydrogen (secondary N) is 1. The van der Waals surface area contributed by atoms with Gasteiger partial charge in [-0.1, -0.05) is 32.4 Å². The van der Waals surface area contributed by atoms with E-state index in [0.29, 0.717) is 30.6 Å². The van der Waals surface area contributed by atoms with Crippen LogP contribution in [-0.4, -0.2) is 44.2 Å². The van der Waals surface area contributed by atoms with Crippen LogP contribution < -0.4 is 9.62 Å². The second-order valence-corrected chi connectivity index (χ2v) is 7.71. The minimum Gasteiger partial charge on any atom is -0.465 e. The third-order valence-corrected chi connectivity index (χ3v) is 5.47. The Morgan fingerprint density at radius 3 is 2.52 bits per heavy atom. The predicted molar refractivity (Wildman–Crippen MR) is 97.7 cm³/mol. The zero-order valence-electron chi connectivity index (χ0n) is 14.7. The molecule has 0 unspecified atom stereocenters. The number of amides is 1. The Labute approximate surface area is 149 Å². The van der Waals surface area contributed by atoms with Crippen molar-refractivity contribution in [1.29, 1.82) is 0 Å². The topological polar surface area (TPSA) is 104 Å². The van der Waals surface area contributed by atoms with Crippen molar-refractivity contribution >= 4 is 27.6 Å². The minimum absolute atomic E-state index is 0.0197. The molecule has 0 aromatic heterocycles. The lowest BCUT2D eigenvalue weighted by atomic mass is 10.1. The lowest BCUT2D eigenvalue weighted by molar-refractivity contribution is 0.0983. The molecule has 1 rings (SSSR count). The van der Waals surface area contributed by atoms with Gasteiger partial charge in [0, 0.05) is 25.1 Å². The summed E-state index contributed by atoms with van der Waals surface area (Å²) in [6.07, 6.45) is 0.867. The Balaban J connectivity index is 2.98. The molecule has 0 heterocycles. The first-order chi connectivity index (χ1) is 11.8. The first-order valence-corrected chi connectivity index (χ1v) is 10.0. The van der Waals surface area contributed by atoms with Gasteiger partial charge in [-0.25, -0.2) is 13.2 Å². The normalized spacial score (nSPS) is 11.1. The van der Waals surface area contributed by atoms with Crippen molar-refractivity contribution in [1.82, 2.24) is 5.32 Å². The first-order valence-electron chi connectivity index (χ1n) is 8.42. The van der Waals surface area contributed by atoms with Crippen LogP contribution in [0, 0.1) is 0 Å². The number of hydrogen-bond donors (Lipinski definition) is 2. The Morgan fingerprint density at radius 1 is 1.20 bits per heavy atom. The molecule has 0 saturated carbocycles. The van der Waals surface area contributed by atoms with Crippen LogP contribution in [0.25, 0.3) is 0 Å². The highest BCUT2D eigenvalue weighted by molar-refractivity contribution is 7.92. The molecule has 0 atom stereocenters. The van der Waals surface area contributed by atoms with Gasteiger partial charge in [0.2, 0.25) is 10.0 Å². The van der Waals surface area contributed by atoms with Crippen LogP contribution in [0.15, 0.2) is 24.3 Å². The van der Waals surface area contributed by atoms with Gasteiger partial charge in [0.25, 0.3) is 0 Å². The fraction of sp³-hybridized carbons (Fsp3) is 0.529. The van der Waals surface area contributed by atoms with Crippen LogP contribution in [0.5, 0.6) is 0 Å². The Bertz CT molecular complexity index is 688. The van der Waals surface area contributed by atoms with Crippen molar-refractivity contribution in [2.45, 2.75) is 39.5 Å². The summed E-state index contributed by atoms with van der Waals surface area (Å²) in [5, 5.41) is 10.7. The molecule has 25 heavy (non-hydrogen) atoms. The van der Waals surface area contributed by atoms with E-state index in [9.17, 15) is 18.0 Å². The number of Topliss-reactive ketones (excluding diaryl/α,β-unsaturated/α-hetero) is 1. The van der Waals surface area contributed by atoms with Crippen LogP contribution in [0.1, 0.15) is 49.9 Å². The summed E-state index contributed by atoms with van der Waals surface area (Å²) in [5.41, 5.74) is 0.839. The molecule has 1 aromatic rings. The molecule has 0 fully saturated rings. The number of carbonyl (C=O) groups excluding carboxylic acids is 1. The van der Waals surface area contributed by atoms with E-state index in [4.69, 9.17) is 5.11 Å². The number of rotatable bonds is 11. The first kappa shape index (κ1) is 21.0. The standard InChI is InChI=1S/C17H26N2O5S/c1-3-5-12-25(23,24)19(11-4-2)15-8-6-7-14(13-15)16(20)9-10-18-17(21)22/h6-8,13,18H,3-5,9-12H2,1-2H3,(H,21,22). The monoisotopic (exact) mass is 370 g/mol. The smallest absolute Gasteiger partial charge is 0.404 e. The van der Waals surface area contributed by atoms with Crippen molar-refractivity contribution in [3.8, 4) is 0 Å². The summed E-state index contributed by atoms with van der Waals surface area (Å²) in [5.74, 6) is -0.164. The molecule has 140 valence electrons. The summed E-state index contributed by atoms with van der Waals surface area (Å²) in [6.45, 7) is 4.20. The molecular weight excluding hydrogens is 344 g/mol. The third-order valence-electron chi connectivity index (χ3n) is 3.60. The van der Waals surface area contributed by atoms with Crippen LogP contribution in [-0.2, 0) is 10.0 Å². The average Bonchev–Trinajstić information content (AvgIpc) is 2.57. The van der Waals surface area contributed by atoms with Crippen molar-refractivity contribution in [3.05, 3.63) is 29.8 Å². The van der Waals surface area contributed by atoms with E-state index in [2.05, 4.69) is 5.32 Å². The molecule has 8 heteroatoms. The molecule has 0 aliphatic carbocycles. The van der Waals surface area contributed by atoms with E-state index in [1.807, 2.05) is 13.8 Å². The molecule has 0 spiro atoms. The van der Waals surface area contributed by atoms with E-state index in [-0.39, 0.29) is 24.5 Å². The highest BCUT2D eigenvalue weighted by atomic mass is 32.2.